The van der Waals surface area contributed by atoms with Crippen LogP contribution in [0.4, 0.5) is 5.69 Å². The minimum Gasteiger partial charge on any atom is -0.380 e. The zero-order valence-corrected chi connectivity index (χ0v) is 18.6. The summed E-state index contributed by atoms with van der Waals surface area (Å²) in [5.41, 5.74) is 6.05. The van der Waals surface area contributed by atoms with Gasteiger partial charge in [0.2, 0.25) is 0 Å². The quantitative estimate of drug-likeness (QED) is 0.419. The summed E-state index contributed by atoms with van der Waals surface area (Å²) in [5.74, 6) is 0.882. The normalized spacial score (nSPS) is 24.9. The maximum absolute atomic E-state index is 11.1. The Morgan fingerprint density at radius 3 is 2.89 bits per heavy atom. The Morgan fingerprint density at radius 1 is 1.25 bits per heavy atom. The number of fused-ring (bicyclic) bond motifs is 3. The summed E-state index contributed by atoms with van der Waals surface area (Å²) < 4.78 is 16.6. The number of hydrogen-bond acceptors (Lipinski definition) is 4. The summed E-state index contributed by atoms with van der Waals surface area (Å²) in [5, 5.41) is 13.6. The van der Waals surface area contributed by atoms with E-state index in [1.807, 2.05) is 12.1 Å². The van der Waals surface area contributed by atoms with Crippen molar-refractivity contribution in [2.24, 2.45) is 5.92 Å². The molecule has 150 valence electrons. The molecule has 1 fully saturated rings. The summed E-state index contributed by atoms with van der Waals surface area (Å²) in [7, 11) is 0. The first-order chi connectivity index (χ1) is 13.6. The molecule has 28 heavy (non-hydrogen) atoms. The predicted octanol–water partition coefficient (Wildman–Crippen LogP) is 5.62. The number of rotatable bonds is 5. The van der Waals surface area contributed by atoms with E-state index in [-0.39, 0.29) is 12.1 Å². The van der Waals surface area contributed by atoms with E-state index in [1.165, 1.54) is 16.7 Å². The maximum Gasteiger partial charge on any atom is 0.176 e. The number of ether oxygens (including phenoxy) is 1. The molecule has 0 bridgehead atoms. The third kappa shape index (κ3) is 4.02. The van der Waals surface area contributed by atoms with Crippen LogP contribution in [0.15, 0.2) is 42.5 Å². The zero-order chi connectivity index (χ0) is 19.7. The Morgan fingerprint density at radius 2 is 2.11 bits per heavy atom. The lowest BCUT2D eigenvalue weighted by molar-refractivity contribution is -0.0381. The number of aliphatic hydroxyl groups excluding tert-OH is 1. The summed E-state index contributed by atoms with van der Waals surface area (Å²) in [6.07, 6.45) is 2.79. The Balaban J connectivity index is 1.69. The van der Waals surface area contributed by atoms with Crippen LogP contribution in [-0.4, -0.2) is 15.8 Å². The van der Waals surface area contributed by atoms with E-state index in [2.05, 4.69) is 49.5 Å². The van der Waals surface area contributed by atoms with Crippen LogP contribution in [0, 0.1) is 5.92 Å². The number of halogens is 1. The molecule has 4 nitrogen and oxygen atoms in total. The standard InChI is InChI=1S/C23H28INO3/c1-14(2)16-8-9-20-19(13-16)23-18(7-4-10-28-23)22(25-20)17-6-3-5-15(11-17)12-21(26)24-27/h3,5-6,8-9,11,13-14,18,21-23,25-26H,4,7,10,12H2,1-2H3/t18?,21-,22?,23?/m1/s1. The summed E-state index contributed by atoms with van der Waals surface area (Å²) in [6.45, 7) is 5.27. The molecule has 1 saturated heterocycles. The van der Waals surface area contributed by atoms with E-state index >= 15 is 0 Å². The summed E-state index contributed by atoms with van der Waals surface area (Å²) >= 11 is -1.39. The van der Waals surface area contributed by atoms with Crippen molar-refractivity contribution in [3.05, 3.63) is 64.7 Å². The molecule has 2 aromatic rings. The average Bonchev–Trinajstić information content (AvgIpc) is 2.72. The van der Waals surface area contributed by atoms with Crippen molar-refractivity contribution in [2.75, 3.05) is 11.9 Å². The number of alkyl halides is 1. The molecule has 0 saturated carbocycles. The third-order valence-electron chi connectivity index (χ3n) is 5.97. The number of anilines is 1. The van der Waals surface area contributed by atoms with Crippen molar-refractivity contribution in [3.8, 4) is 0 Å². The molecule has 0 aliphatic carbocycles. The molecule has 2 aromatic carbocycles. The Bertz CT molecular complexity index is 853. The van der Waals surface area contributed by atoms with Crippen LogP contribution >= 0.6 is 21.2 Å². The second kappa shape index (κ2) is 8.59. The largest absolute Gasteiger partial charge is 0.380 e. The van der Waals surface area contributed by atoms with Gasteiger partial charge in [0.1, 0.15) is 4.11 Å². The van der Waals surface area contributed by atoms with Gasteiger partial charge in [0.05, 0.1) is 12.1 Å². The molecule has 0 radical (unpaired) electrons. The van der Waals surface area contributed by atoms with Gasteiger partial charge in [-0.25, -0.2) is 0 Å². The molecule has 2 heterocycles. The molecular formula is C23H28INO3. The van der Waals surface area contributed by atoms with Gasteiger partial charge >= 0.3 is 0 Å². The van der Waals surface area contributed by atoms with Gasteiger partial charge in [-0.3, -0.25) is 3.07 Å². The smallest absolute Gasteiger partial charge is 0.176 e. The van der Waals surface area contributed by atoms with Gasteiger partial charge in [-0.2, -0.15) is 0 Å². The molecule has 5 heteroatoms. The van der Waals surface area contributed by atoms with Crippen molar-refractivity contribution in [3.63, 3.8) is 0 Å². The van der Waals surface area contributed by atoms with Gasteiger partial charge in [0.25, 0.3) is 0 Å². The van der Waals surface area contributed by atoms with E-state index in [0.29, 0.717) is 18.3 Å². The number of hydrogen-bond donors (Lipinski definition) is 2. The second-order valence-electron chi connectivity index (χ2n) is 8.19. The van der Waals surface area contributed by atoms with Crippen LogP contribution in [0.25, 0.3) is 0 Å². The van der Waals surface area contributed by atoms with Crippen LogP contribution in [0.5, 0.6) is 0 Å². The highest BCUT2D eigenvalue weighted by molar-refractivity contribution is 14.1. The fraction of sp³-hybridized carbons (Fsp3) is 0.478. The van der Waals surface area contributed by atoms with Gasteiger partial charge in [-0.1, -0.05) is 50.2 Å². The Labute approximate surface area is 177 Å². The van der Waals surface area contributed by atoms with E-state index in [4.69, 9.17) is 4.74 Å². The lowest BCUT2D eigenvalue weighted by Crippen LogP contribution is -2.36. The van der Waals surface area contributed by atoms with Crippen molar-refractivity contribution in [1.29, 1.82) is 0 Å². The lowest BCUT2D eigenvalue weighted by atomic mass is 9.76. The fourth-order valence-electron chi connectivity index (χ4n) is 4.52. The van der Waals surface area contributed by atoms with Crippen molar-refractivity contribution in [2.45, 2.75) is 55.3 Å². The molecule has 4 rings (SSSR count). The minimum atomic E-state index is -1.39. The predicted molar refractivity (Wildman–Crippen MR) is 119 cm³/mol. The Kier molecular flexibility index (Phi) is 6.13. The molecule has 4 atom stereocenters. The summed E-state index contributed by atoms with van der Waals surface area (Å²) in [4.78, 5) is 0. The van der Waals surface area contributed by atoms with Gasteiger partial charge < -0.3 is 15.2 Å². The van der Waals surface area contributed by atoms with E-state index < -0.39 is 25.3 Å². The molecular weight excluding hydrogens is 465 g/mol. The first-order valence-electron chi connectivity index (χ1n) is 10.1. The highest BCUT2D eigenvalue weighted by Crippen LogP contribution is 2.49. The lowest BCUT2D eigenvalue weighted by Gasteiger charge is -2.43. The monoisotopic (exact) mass is 493 g/mol. The first-order valence-corrected chi connectivity index (χ1v) is 12.2. The van der Waals surface area contributed by atoms with Crippen LogP contribution in [0.1, 0.15) is 67.0 Å². The molecule has 0 spiro atoms. The van der Waals surface area contributed by atoms with Gasteiger partial charge in [0, 0.05) is 30.2 Å². The van der Waals surface area contributed by atoms with E-state index in [0.717, 1.165) is 30.7 Å². The SMILES string of the molecule is CC(C)c1ccc2c(c1)C1OCCCC1C(c1cccc(C[C@@H](O)I=O)c1)N2. The van der Waals surface area contributed by atoms with Crippen LogP contribution < -0.4 is 5.32 Å². The molecule has 2 N–H and O–H groups in total. The number of nitrogens with one attached hydrogen (secondary N) is 1. The second-order valence-corrected chi connectivity index (χ2v) is 10.1. The molecule has 3 unspecified atom stereocenters. The minimum absolute atomic E-state index is 0.121. The number of benzene rings is 2. The van der Waals surface area contributed by atoms with Crippen LogP contribution in [0.3, 0.4) is 0 Å². The molecule has 2 aliphatic rings. The average molecular weight is 493 g/mol. The van der Waals surface area contributed by atoms with Gasteiger partial charge in [-0.15, -0.1) is 0 Å². The van der Waals surface area contributed by atoms with Crippen LogP contribution in [-0.2, 0) is 14.2 Å². The Hall–Kier alpha value is -1.31. The molecule has 0 aromatic heterocycles. The molecule has 2 aliphatic heterocycles. The first kappa shape index (κ1) is 20.0. The van der Waals surface area contributed by atoms with Crippen molar-refractivity contribution < 1.29 is 12.9 Å². The van der Waals surface area contributed by atoms with Crippen LogP contribution in [0.2, 0.25) is 0 Å². The van der Waals surface area contributed by atoms with E-state index in [1.54, 1.807) is 0 Å². The topological polar surface area (TPSA) is 58.6 Å². The highest BCUT2D eigenvalue weighted by atomic mass is 127. The fourth-order valence-corrected chi connectivity index (χ4v) is 5.21. The van der Waals surface area contributed by atoms with Crippen molar-refractivity contribution in [1.82, 2.24) is 0 Å². The molecule has 0 amide bonds. The number of aliphatic hydroxyl groups is 1. The van der Waals surface area contributed by atoms with Gasteiger partial charge in [-0.05, 0) is 41.5 Å². The summed E-state index contributed by atoms with van der Waals surface area (Å²) in [6, 6.07) is 15.3. The third-order valence-corrected chi connectivity index (χ3v) is 7.00. The van der Waals surface area contributed by atoms with Gasteiger partial charge in [0.15, 0.2) is 21.2 Å². The zero-order valence-electron chi connectivity index (χ0n) is 16.4. The van der Waals surface area contributed by atoms with Crippen molar-refractivity contribution >= 4 is 26.9 Å². The van der Waals surface area contributed by atoms with E-state index in [9.17, 15) is 8.18 Å². The maximum atomic E-state index is 11.1. The highest BCUT2D eigenvalue weighted by Gasteiger charge is 2.40.